The normalized spacial score (nSPS) is 19.1. The Morgan fingerprint density at radius 1 is 1.24 bits per heavy atom. The van der Waals surface area contributed by atoms with E-state index in [1.54, 1.807) is 0 Å². The molecule has 0 saturated carbocycles. The fourth-order valence-corrected chi connectivity index (χ4v) is 4.16. The van der Waals surface area contributed by atoms with Gasteiger partial charge in [0.2, 0.25) is 0 Å². The summed E-state index contributed by atoms with van der Waals surface area (Å²) in [6, 6.07) is 14.3. The molecule has 0 amide bonds. The highest BCUT2D eigenvalue weighted by atomic mass is 79.9. The Labute approximate surface area is 139 Å². The van der Waals surface area contributed by atoms with Gasteiger partial charge >= 0.3 is 0 Å². The van der Waals surface area contributed by atoms with Crippen molar-refractivity contribution in [1.82, 2.24) is 0 Å². The van der Waals surface area contributed by atoms with Crippen LogP contribution in [0.5, 0.6) is 0 Å². The Hall–Kier alpha value is -0.830. The molecule has 2 atom stereocenters. The molecular weight excluding hydrogens is 348 g/mol. The van der Waals surface area contributed by atoms with Crippen molar-refractivity contribution in [2.24, 2.45) is 0 Å². The smallest absolute Gasteiger partial charge is 0.0796 e. The van der Waals surface area contributed by atoms with Crippen LogP contribution < -0.4 is 0 Å². The number of aryl methyl sites for hydroxylation is 1. The zero-order valence-corrected chi connectivity index (χ0v) is 14.1. The van der Waals surface area contributed by atoms with E-state index in [-0.39, 0.29) is 0 Å². The molecule has 0 aliphatic heterocycles. The van der Waals surface area contributed by atoms with E-state index in [0.717, 1.165) is 29.3 Å². The monoisotopic (exact) mass is 364 g/mol. The molecule has 21 heavy (non-hydrogen) atoms. The summed E-state index contributed by atoms with van der Waals surface area (Å²) in [5, 5.41) is 11.2. The number of aliphatic hydroxyl groups is 1. The molecule has 0 fully saturated rings. The lowest BCUT2D eigenvalue weighted by Gasteiger charge is -2.27. The van der Waals surface area contributed by atoms with Crippen molar-refractivity contribution in [3.8, 4) is 0 Å². The molecule has 1 nitrogen and oxygen atoms in total. The van der Waals surface area contributed by atoms with E-state index in [2.05, 4.69) is 40.2 Å². The van der Waals surface area contributed by atoms with Crippen LogP contribution in [0.2, 0.25) is 5.02 Å². The highest BCUT2D eigenvalue weighted by Crippen LogP contribution is 2.38. The number of aliphatic hydroxyl groups excluding tert-OH is 1. The fraction of sp³-hybridized carbons (Fsp3) is 0.333. The Kier molecular flexibility index (Phi) is 4.68. The van der Waals surface area contributed by atoms with Crippen molar-refractivity contribution in [2.75, 3.05) is 0 Å². The van der Waals surface area contributed by atoms with Crippen molar-refractivity contribution in [1.29, 1.82) is 0 Å². The maximum absolute atomic E-state index is 10.6. The molecular formula is C18H18BrClO. The van der Waals surface area contributed by atoms with E-state index >= 15 is 0 Å². The van der Waals surface area contributed by atoms with E-state index < -0.39 is 6.10 Å². The molecule has 0 spiro atoms. The van der Waals surface area contributed by atoms with Crippen molar-refractivity contribution in [3.63, 3.8) is 0 Å². The number of fused-ring (bicyclic) bond motifs is 1. The zero-order chi connectivity index (χ0) is 14.8. The van der Waals surface area contributed by atoms with E-state index in [1.807, 2.05) is 18.2 Å². The topological polar surface area (TPSA) is 20.2 Å². The molecule has 1 N–H and O–H groups in total. The molecule has 0 aromatic heterocycles. The SMILES string of the molecule is OC(CC1CCCc2ccccc21)c1cc(Cl)cc(Br)c1. The minimum Gasteiger partial charge on any atom is -0.388 e. The molecule has 3 heteroatoms. The van der Waals surface area contributed by atoms with Crippen LogP contribution in [0.1, 0.15) is 48.0 Å². The second-order valence-corrected chi connectivity index (χ2v) is 7.09. The maximum Gasteiger partial charge on any atom is 0.0796 e. The second-order valence-electron chi connectivity index (χ2n) is 5.74. The van der Waals surface area contributed by atoms with E-state index in [0.29, 0.717) is 10.9 Å². The van der Waals surface area contributed by atoms with Gasteiger partial charge in [-0.05, 0) is 66.5 Å². The average molecular weight is 366 g/mol. The van der Waals surface area contributed by atoms with Crippen LogP contribution in [-0.4, -0.2) is 5.11 Å². The first-order chi connectivity index (χ1) is 10.1. The third kappa shape index (κ3) is 3.50. The molecule has 110 valence electrons. The second kappa shape index (κ2) is 6.51. The highest BCUT2D eigenvalue weighted by Gasteiger charge is 2.23. The van der Waals surface area contributed by atoms with E-state index in [1.165, 1.54) is 17.5 Å². The highest BCUT2D eigenvalue weighted by molar-refractivity contribution is 9.10. The molecule has 0 radical (unpaired) electrons. The Morgan fingerprint density at radius 3 is 2.86 bits per heavy atom. The summed E-state index contributed by atoms with van der Waals surface area (Å²) < 4.78 is 0.910. The summed E-state index contributed by atoms with van der Waals surface area (Å²) in [5.41, 5.74) is 3.73. The van der Waals surface area contributed by atoms with Crippen LogP contribution in [0.3, 0.4) is 0 Å². The van der Waals surface area contributed by atoms with Crippen LogP contribution in [-0.2, 0) is 6.42 Å². The third-order valence-electron chi connectivity index (χ3n) is 4.27. The van der Waals surface area contributed by atoms with Gasteiger partial charge in [-0.2, -0.15) is 0 Å². The molecule has 0 saturated heterocycles. The first-order valence-corrected chi connectivity index (χ1v) is 8.52. The summed E-state index contributed by atoms with van der Waals surface area (Å²) in [5.74, 6) is 0.433. The summed E-state index contributed by atoms with van der Waals surface area (Å²) in [6.07, 6.45) is 3.79. The van der Waals surface area contributed by atoms with Gasteiger partial charge in [-0.3, -0.25) is 0 Å². The summed E-state index contributed by atoms with van der Waals surface area (Å²) >= 11 is 9.51. The quantitative estimate of drug-likeness (QED) is 0.745. The third-order valence-corrected chi connectivity index (χ3v) is 4.95. The summed E-state index contributed by atoms with van der Waals surface area (Å²) in [7, 11) is 0. The zero-order valence-electron chi connectivity index (χ0n) is 11.7. The van der Waals surface area contributed by atoms with Crippen molar-refractivity contribution in [3.05, 3.63) is 68.7 Å². The molecule has 2 aromatic carbocycles. The lowest BCUT2D eigenvalue weighted by atomic mass is 9.79. The Morgan fingerprint density at radius 2 is 2.05 bits per heavy atom. The summed E-state index contributed by atoms with van der Waals surface area (Å²) in [4.78, 5) is 0. The van der Waals surface area contributed by atoms with Crippen LogP contribution in [0.15, 0.2) is 46.9 Å². The molecule has 3 rings (SSSR count). The van der Waals surface area contributed by atoms with Gasteiger partial charge in [0.15, 0.2) is 0 Å². The molecule has 1 aliphatic carbocycles. The van der Waals surface area contributed by atoms with Crippen molar-refractivity contribution < 1.29 is 5.11 Å². The van der Waals surface area contributed by atoms with Gasteiger partial charge < -0.3 is 5.11 Å². The minimum absolute atomic E-state index is 0.433. The van der Waals surface area contributed by atoms with E-state index in [9.17, 15) is 5.11 Å². The molecule has 0 heterocycles. The lowest BCUT2D eigenvalue weighted by molar-refractivity contribution is 0.154. The van der Waals surface area contributed by atoms with Gasteiger partial charge in [0.25, 0.3) is 0 Å². The number of benzene rings is 2. The molecule has 0 bridgehead atoms. The van der Waals surface area contributed by atoms with Crippen molar-refractivity contribution >= 4 is 27.5 Å². The maximum atomic E-state index is 10.6. The number of hydrogen-bond donors (Lipinski definition) is 1. The molecule has 2 unspecified atom stereocenters. The van der Waals surface area contributed by atoms with Crippen LogP contribution in [0.4, 0.5) is 0 Å². The van der Waals surface area contributed by atoms with Gasteiger partial charge in [-0.25, -0.2) is 0 Å². The van der Waals surface area contributed by atoms with Crippen LogP contribution >= 0.6 is 27.5 Å². The first-order valence-electron chi connectivity index (χ1n) is 7.35. The fourth-order valence-electron chi connectivity index (χ4n) is 3.27. The van der Waals surface area contributed by atoms with Crippen molar-refractivity contribution in [2.45, 2.75) is 37.7 Å². The Balaban J connectivity index is 1.81. The van der Waals surface area contributed by atoms with Crippen LogP contribution in [0.25, 0.3) is 0 Å². The molecule has 1 aliphatic rings. The number of halogens is 2. The minimum atomic E-state index is -0.476. The van der Waals surface area contributed by atoms with Gasteiger partial charge in [-0.1, -0.05) is 51.8 Å². The first kappa shape index (κ1) is 15.1. The number of rotatable bonds is 3. The standard InChI is InChI=1S/C18H18BrClO/c19-15-8-14(9-16(20)11-15)18(21)10-13-6-3-5-12-4-1-2-7-17(12)13/h1-2,4,7-9,11,13,18,21H,3,5-6,10H2. The molecule has 2 aromatic rings. The predicted molar refractivity (Wildman–Crippen MR) is 90.8 cm³/mol. The predicted octanol–water partition coefficient (Wildman–Crippen LogP) is 5.65. The van der Waals surface area contributed by atoms with Gasteiger partial charge in [0.1, 0.15) is 0 Å². The summed E-state index contributed by atoms with van der Waals surface area (Å²) in [6.45, 7) is 0. The van der Waals surface area contributed by atoms with Gasteiger partial charge in [0.05, 0.1) is 6.10 Å². The lowest BCUT2D eigenvalue weighted by Crippen LogP contribution is -2.13. The van der Waals surface area contributed by atoms with Gasteiger partial charge in [-0.15, -0.1) is 0 Å². The van der Waals surface area contributed by atoms with Gasteiger partial charge in [0, 0.05) is 9.50 Å². The average Bonchev–Trinajstić information content (AvgIpc) is 2.46. The van der Waals surface area contributed by atoms with E-state index in [4.69, 9.17) is 11.6 Å². The largest absolute Gasteiger partial charge is 0.388 e. The van der Waals surface area contributed by atoms with Crippen LogP contribution in [0, 0.1) is 0 Å². The Bertz CT molecular complexity index is 621. The number of hydrogen-bond acceptors (Lipinski definition) is 1.